The molecule has 1 aromatic rings. The van der Waals surface area contributed by atoms with Crippen LogP contribution >= 0.6 is 0 Å². The third kappa shape index (κ3) is 8.33. The van der Waals surface area contributed by atoms with Gasteiger partial charge in [0.25, 0.3) is 0 Å². The van der Waals surface area contributed by atoms with Crippen molar-refractivity contribution in [3.8, 4) is 5.75 Å². The van der Waals surface area contributed by atoms with Gasteiger partial charge < -0.3 is 14.4 Å². The number of amides is 1. The van der Waals surface area contributed by atoms with Crippen LogP contribution in [0.3, 0.4) is 0 Å². The average molecular weight is 476 g/mol. The highest BCUT2D eigenvalue weighted by atomic mass is 32.2. The van der Waals surface area contributed by atoms with E-state index in [1.54, 1.807) is 17.0 Å². The van der Waals surface area contributed by atoms with E-state index in [2.05, 4.69) is 0 Å². The van der Waals surface area contributed by atoms with E-state index in [1.165, 1.54) is 12.1 Å². The molecule has 0 bridgehead atoms. The van der Waals surface area contributed by atoms with E-state index in [9.17, 15) is 21.6 Å². The summed E-state index contributed by atoms with van der Waals surface area (Å²) in [5.41, 5.74) is -0.543. The molecule has 1 heterocycles. The maximum atomic E-state index is 12.3. The molecule has 1 aliphatic rings. The molecule has 0 spiro atoms. The maximum absolute atomic E-state index is 12.3. The van der Waals surface area contributed by atoms with Gasteiger partial charge in [-0.1, -0.05) is 0 Å². The number of hydrogen-bond acceptors (Lipinski definition) is 7. The molecule has 1 amide bonds. The molecule has 176 valence electrons. The summed E-state index contributed by atoms with van der Waals surface area (Å²) in [6.45, 7) is 8.44. The lowest BCUT2D eigenvalue weighted by molar-refractivity contribution is 0.0231. The van der Waals surface area contributed by atoms with Crippen LogP contribution in [0.4, 0.5) is 4.79 Å². The molecule has 2 atom stereocenters. The topological polar surface area (TPSA) is 107 Å². The second kappa shape index (κ2) is 9.77. The first-order valence-electron chi connectivity index (χ1n) is 10.3. The third-order valence-corrected chi connectivity index (χ3v) is 7.73. The van der Waals surface area contributed by atoms with E-state index in [-0.39, 0.29) is 40.9 Å². The van der Waals surface area contributed by atoms with Gasteiger partial charge in [-0.25, -0.2) is 21.6 Å². The smallest absolute Gasteiger partial charge is 0.410 e. The molecule has 8 nitrogen and oxygen atoms in total. The Balaban J connectivity index is 1.88. The molecule has 0 radical (unpaired) electrons. The quantitative estimate of drug-likeness (QED) is 0.569. The van der Waals surface area contributed by atoms with Crippen LogP contribution in [0.1, 0.15) is 40.5 Å². The first-order valence-corrected chi connectivity index (χ1v) is 14.0. The van der Waals surface area contributed by atoms with Crippen LogP contribution in [-0.2, 0) is 24.4 Å². The Morgan fingerprint density at radius 3 is 2.26 bits per heavy atom. The minimum absolute atomic E-state index is 0.0582. The van der Waals surface area contributed by atoms with Gasteiger partial charge in [-0.2, -0.15) is 0 Å². The summed E-state index contributed by atoms with van der Waals surface area (Å²) in [6, 6.07) is 6.18. The molecule has 0 saturated carbocycles. The highest BCUT2D eigenvalue weighted by Gasteiger charge is 2.35. The molecule has 31 heavy (non-hydrogen) atoms. The second-order valence-electron chi connectivity index (χ2n) is 9.17. The Labute approximate surface area is 185 Å². The van der Waals surface area contributed by atoms with Crippen molar-refractivity contribution in [3.05, 3.63) is 24.3 Å². The van der Waals surface area contributed by atoms with Gasteiger partial charge in [-0.3, -0.25) is 0 Å². The van der Waals surface area contributed by atoms with E-state index in [4.69, 9.17) is 9.47 Å². The van der Waals surface area contributed by atoms with Crippen LogP contribution in [-0.4, -0.2) is 70.4 Å². The Bertz CT molecular complexity index is 964. The fourth-order valence-electron chi connectivity index (χ4n) is 3.42. The Kier molecular flexibility index (Phi) is 8.02. The zero-order chi connectivity index (χ0) is 23.4. The second-order valence-corrected chi connectivity index (χ2v) is 13.5. The lowest BCUT2D eigenvalue weighted by Gasteiger charge is -2.27. The lowest BCUT2D eigenvalue weighted by Crippen LogP contribution is -2.39. The van der Waals surface area contributed by atoms with Crippen molar-refractivity contribution in [1.82, 2.24) is 4.90 Å². The zero-order valence-electron chi connectivity index (χ0n) is 18.8. The number of benzene rings is 1. The summed E-state index contributed by atoms with van der Waals surface area (Å²) >= 11 is 0. The van der Waals surface area contributed by atoms with Crippen molar-refractivity contribution in [2.75, 3.05) is 30.9 Å². The van der Waals surface area contributed by atoms with Gasteiger partial charge in [0.15, 0.2) is 9.84 Å². The zero-order valence-corrected chi connectivity index (χ0v) is 20.5. The maximum Gasteiger partial charge on any atom is 0.410 e. The molecule has 1 saturated heterocycles. The van der Waals surface area contributed by atoms with E-state index in [0.29, 0.717) is 18.9 Å². The molecule has 0 aliphatic carbocycles. The number of sulfone groups is 2. The molecule has 0 unspecified atom stereocenters. The third-order valence-electron chi connectivity index (χ3n) is 4.89. The molecule has 1 fully saturated rings. The molecular formula is C21H33NO7S2. The predicted molar refractivity (Wildman–Crippen MR) is 119 cm³/mol. The Morgan fingerprint density at radius 2 is 1.71 bits per heavy atom. The molecule has 0 aromatic heterocycles. The summed E-state index contributed by atoms with van der Waals surface area (Å²) in [4.78, 5) is 14.2. The highest BCUT2D eigenvalue weighted by molar-refractivity contribution is 7.92. The van der Waals surface area contributed by atoms with Crippen molar-refractivity contribution in [3.63, 3.8) is 0 Å². The largest absolute Gasteiger partial charge is 0.493 e. The number of ether oxygens (including phenoxy) is 2. The average Bonchev–Trinajstić information content (AvgIpc) is 2.98. The van der Waals surface area contributed by atoms with Crippen molar-refractivity contribution < 1.29 is 31.1 Å². The highest BCUT2D eigenvalue weighted by Crippen LogP contribution is 2.26. The normalized spacial score (nSPS) is 20.0. The van der Waals surface area contributed by atoms with Crippen LogP contribution in [0.25, 0.3) is 0 Å². The monoisotopic (exact) mass is 475 g/mol. The van der Waals surface area contributed by atoms with Crippen LogP contribution in [0.5, 0.6) is 5.75 Å². The summed E-state index contributed by atoms with van der Waals surface area (Å²) < 4.78 is 58.3. The minimum atomic E-state index is -3.55. The van der Waals surface area contributed by atoms with Crippen LogP contribution in [0.15, 0.2) is 29.2 Å². The van der Waals surface area contributed by atoms with Crippen molar-refractivity contribution in [2.45, 2.75) is 57.1 Å². The number of hydrogen-bond donors (Lipinski definition) is 0. The van der Waals surface area contributed by atoms with E-state index in [1.807, 2.05) is 27.7 Å². The van der Waals surface area contributed by atoms with Gasteiger partial charge in [0.2, 0.25) is 0 Å². The van der Waals surface area contributed by atoms with Gasteiger partial charge in [0.1, 0.15) is 21.2 Å². The fourth-order valence-corrected chi connectivity index (χ4v) is 5.59. The minimum Gasteiger partial charge on any atom is -0.493 e. The summed E-state index contributed by atoms with van der Waals surface area (Å²) in [7, 11) is -6.74. The first kappa shape index (κ1) is 25.5. The number of carbonyl (C=O) groups excluding carboxylic acids is 1. The number of likely N-dealkylation sites (tertiary alicyclic amines) is 1. The lowest BCUT2D eigenvalue weighted by atomic mass is 10.1. The fraction of sp³-hybridized carbons (Fsp3) is 0.667. The van der Waals surface area contributed by atoms with Gasteiger partial charge in [-0.15, -0.1) is 0 Å². The van der Waals surface area contributed by atoms with Gasteiger partial charge in [0.05, 0.1) is 23.0 Å². The Hall–Kier alpha value is -1.81. The summed E-state index contributed by atoms with van der Waals surface area (Å²) in [5.74, 6) is 0.314. The molecule has 1 aliphatic heterocycles. The number of nitrogens with zero attached hydrogens (tertiary/aromatic N) is 1. The van der Waals surface area contributed by atoms with E-state index in [0.717, 1.165) is 12.7 Å². The van der Waals surface area contributed by atoms with Crippen LogP contribution < -0.4 is 4.74 Å². The SMILES string of the molecule is C[C@@H]1C[C@H](COc2ccc(S(=O)(=O)CCCS(C)(=O)=O)cc2)CN1C(=O)OC(C)(C)C. The number of carbonyl (C=O) groups is 1. The van der Waals surface area contributed by atoms with Crippen LogP contribution in [0.2, 0.25) is 0 Å². The first-order chi connectivity index (χ1) is 14.2. The van der Waals surface area contributed by atoms with Crippen molar-refractivity contribution >= 4 is 25.8 Å². The number of rotatable bonds is 8. The van der Waals surface area contributed by atoms with Gasteiger partial charge >= 0.3 is 6.09 Å². The predicted octanol–water partition coefficient (Wildman–Crippen LogP) is 2.92. The van der Waals surface area contributed by atoms with Crippen molar-refractivity contribution in [1.29, 1.82) is 0 Å². The molecule has 1 aromatic carbocycles. The Morgan fingerprint density at radius 1 is 1.10 bits per heavy atom. The molecule has 10 heteroatoms. The van der Waals surface area contributed by atoms with Gasteiger partial charge in [0, 0.05) is 24.8 Å². The summed E-state index contributed by atoms with van der Waals surface area (Å²) in [5, 5.41) is 0. The van der Waals surface area contributed by atoms with E-state index >= 15 is 0 Å². The molecular weight excluding hydrogens is 442 g/mol. The summed E-state index contributed by atoms with van der Waals surface area (Å²) in [6.07, 6.45) is 1.62. The van der Waals surface area contributed by atoms with Gasteiger partial charge in [-0.05, 0) is 64.8 Å². The van der Waals surface area contributed by atoms with Crippen molar-refractivity contribution in [2.24, 2.45) is 5.92 Å². The van der Waals surface area contributed by atoms with Crippen LogP contribution in [0, 0.1) is 5.92 Å². The standard InChI is InChI=1S/C21H33NO7S2/c1-16-13-17(14-22(16)20(23)29-21(2,3)4)15-28-18-7-9-19(10-8-18)31(26,27)12-6-11-30(5,24)25/h7-10,16-17H,6,11-15H2,1-5H3/t16-,17+/m1/s1. The molecule has 2 rings (SSSR count). The van der Waals surface area contributed by atoms with E-state index < -0.39 is 25.3 Å². The molecule has 0 N–H and O–H groups in total.